The van der Waals surface area contributed by atoms with Crippen molar-refractivity contribution in [3.63, 3.8) is 0 Å². The van der Waals surface area contributed by atoms with Gasteiger partial charge in [-0.3, -0.25) is 4.79 Å². The van der Waals surface area contributed by atoms with E-state index in [0.29, 0.717) is 12.2 Å². The second-order valence-electron chi connectivity index (χ2n) is 7.09. The van der Waals surface area contributed by atoms with E-state index in [4.69, 9.17) is 4.98 Å². The van der Waals surface area contributed by atoms with Crippen molar-refractivity contribution in [2.45, 2.75) is 25.3 Å². The first-order valence-corrected chi connectivity index (χ1v) is 9.81. The molecule has 1 atom stereocenters. The molecule has 0 spiro atoms. The highest BCUT2D eigenvalue weighted by Crippen LogP contribution is 2.27. The van der Waals surface area contributed by atoms with Crippen molar-refractivity contribution in [3.8, 4) is 0 Å². The summed E-state index contributed by atoms with van der Waals surface area (Å²) in [5, 5.41) is 2.86. The minimum atomic E-state index is 0.0343. The number of likely N-dealkylation sites (tertiary alicyclic amines) is 1. The minimum absolute atomic E-state index is 0.0343. The number of H-pyrrole nitrogens is 1. The molecule has 1 aliphatic heterocycles. The van der Waals surface area contributed by atoms with Gasteiger partial charge in [-0.2, -0.15) is 0 Å². The molecule has 0 bridgehead atoms. The van der Waals surface area contributed by atoms with Gasteiger partial charge in [-0.05, 0) is 39.1 Å². The van der Waals surface area contributed by atoms with Gasteiger partial charge in [0.1, 0.15) is 16.5 Å². The number of nitrogens with zero attached hydrogens (tertiary/aromatic N) is 4. The summed E-state index contributed by atoms with van der Waals surface area (Å²) in [5.74, 6) is 1.27. The van der Waals surface area contributed by atoms with Crippen LogP contribution in [0.2, 0.25) is 0 Å². The molecule has 1 fully saturated rings. The number of rotatable bonds is 4. The Morgan fingerprint density at radius 3 is 3.00 bits per heavy atom. The number of benzene rings is 1. The van der Waals surface area contributed by atoms with Gasteiger partial charge in [0, 0.05) is 30.9 Å². The third-order valence-electron chi connectivity index (χ3n) is 4.73. The Morgan fingerprint density at radius 2 is 2.19 bits per heavy atom. The van der Waals surface area contributed by atoms with Crippen LogP contribution in [0.3, 0.4) is 0 Å². The van der Waals surface area contributed by atoms with Crippen LogP contribution in [0.4, 0.5) is 0 Å². The van der Waals surface area contributed by atoms with Gasteiger partial charge in [0.2, 0.25) is 0 Å². The van der Waals surface area contributed by atoms with Gasteiger partial charge < -0.3 is 14.8 Å². The molecule has 3 heterocycles. The van der Waals surface area contributed by atoms with Crippen molar-refractivity contribution in [1.82, 2.24) is 24.8 Å². The molecule has 0 aliphatic carbocycles. The van der Waals surface area contributed by atoms with Crippen LogP contribution in [0.1, 0.15) is 40.1 Å². The second kappa shape index (κ2) is 7.17. The zero-order valence-electron chi connectivity index (χ0n) is 15.1. The summed E-state index contributed by atoms with van der Waals surface area (Å²) < 4.78 is 0. The standard InChI is InChI=1S/C19H23N5OS/c1-23(2)11-17-20-16(12-26-17)19(25)24-9-5-6-13(10-24)18-21-14-7-3-4-8-15(14)22-18/h3-4,7-8,12-13H,5-6,9-11H2,1-2H3,(H,21,22)/t13-/m1/s1. The van der Waals surface area contributed by atoms with Gasteiger partial charge in [-0.25, -0.2) is 9.97 Å². The molecule has 0 radical (unpaired) electrons. The molecule has 1 N–H and O–H groups in total. The molecule has 4 rings (SSSR count). The topological polar surface area (TPSA) is 65.1 Å². The lowest BCUT2D eigenvalue weighted by Gasteiger charge is -2.31. The Bertz CT molecular complexity index is 882. The first kappa shape index (κ1) is 17.2. The summed E-state index contributed by atoms with van der Waals surface area (Å²) in [7, 11) is 4.01. The molecule has 3 aromatic rings. The Kier molecular flexibility index (Phi) is 4.74. The fourth-order valence-electron chi connectivity index (χ4n) is 3.46. The summed E-state index contributed by atoms with van der Waals surface area (Å²) in [5.41, 5.74) is 2.61. The van der Waals surface area contributed by atoms with E-state index in [0.717, 1.165) is 47.8 Å². The zero-order valence-corrected chi connectivity index (χ0v) is 15.9. The Morgan fingerprint density at radius 1 is 1.35 bits per heavy atom. The fraction of sp³-hybridized carbons (Fsp3) is 0.421. The predicted octanol–water partition coefficient (Wildman–Crippen LogP) is 3.10. The number of carbonyl (C=O) groups is 1. The SMILES string of the molecule is CN(C)Cc1nc(C(=O)N2CCC[C@@H](c3nc4ccccc4[nH]3)C2)cs1. The van der Waals surface area contributed by atoms with Crippen molar-refractivity contribution in [1.29, 1.82) is 0 Å². The Balaban J connectivity index is 1.49. The molecule has 0 unspecified atom stereocenters. The van der Waals surface area contributed by atoms with Gasteiger partial charge in [0.25, 0.3) is 5.91 Å². The lowest BCUT2D eigenvalue weighted by atomic mass is 9.97. The quantitative estimate of drug-likeness (QED) is 0.767. The van der Waals surface area contributed by atoms with Gasteiger partial charge >= 0.3 is 0 Å². The molecule has 0 saturated carbocycles. The number of fused-ring (bicyclic) bond motifs is 1. The highest BCUT2D eigenvalue weighted by molar-refractivity contribution is 7.09. The number of hydrogen-bond donors (Lipinski definition) is 1. The highest BCUT2D eigenvalue weighted by Gasteiger charge is 2.28. The van der Waals surface area contributed by atoms with Crippen molar-refractivity contribution >= 4 is 28.3 Å². The van der Waals surface area contributed by atoms with Crippen LogP contribution in [-0.2, 0) is 6.54 Å². The predicted molar refractivity (Wildman–Crippen MR) is 103 cm³/mol. The van der Waals surface area contributed by atoms with E-state index in [1.54, 1.807) is 11.3 Å². The highest BCUT2D eigenvalue weighted by atomic mass is 32.1. The van der Waals surface area contributed by atoms with Crippen molar-refractivity contribution in [3.05, 3.63) is 46.2 Å². The summed E-state index contributed by atoms with van der Waals surface area (Å²) in [6.45, 7) is 2.24. The zero-order chi connectivity index (χ0) is 18.1. The van der Waals surface area contributed by atoms with Crippen molar-refractivity contribution in [2.75, 3.05) is 27.2 Å². The average Bonchev–Trinajstić information content (AvgIpc) is 3.27. The van der Waals surface area contributed by atoms with Gasteiger partial charge in [-0.1, -0.05) is 12.1 Å². The maximum atomic E-state index is 12.9. The number of aromatic amines is 1. The van der Waals surface area contributed by atoms with Crippen LogP contribution in [-0.4, -0.2) is 57.8 Å². The molecule has 1 aliphatic rings. The molecule has 6 nitrogen and oxygen atoms in total. The molecular weight excluding hydrogens is 346 g/mol. The van der Waals surface area contributed by atoms with Gasteiger partial charge in [0.05, 0.1) is 11.0 Å². The first-order valence-electron chi connectivity index (χ1n) is 8.93. The molecule has 136 valence electrons. The van der Waals surface area contributed by atoms with Crippen molar-refractivity contribution < 1.29 is 4.79 Å². The van der Waals surface area contributed by atoms with Crippen LogP contribution in [0.15, 0.2) is 29.6 Å². The molecule has 1 saturated heterocycles. The van der Waals surface area contributed by atoms with Crippen LogP contribution in [0.25, 0.3) is 11.0 Å². The number of imidazole rings is 1. The third-order valence-corrected chi connectivity index (χ3v) is 5.56. The van der Waals surface area contributed by atoms with Crippen molar-refractivity contribution in [2.24, 2.45) is 0 Å². The second-order valence-corrected chi connectivity index (χ2v) is 8.04. The number of hydrogen-bond acceptors (Lipinski definition) is 5. The van der Waals surface area contributed by atoms with E-state index in [1.165, 1.54) is 0 Å². The lowest BCUT2D eigenvalue weighted by molar-refractivity contribution is 0.0699. The number of para-hydroxylation sites is 2. The molecule has 2 aromatic heterocycles. The summed E-state index contributed by atoms with van der Waals surface area (Å²) in [4.78, 5) is 29.5. The van der Waals surface area contributed by atoms with E-state index in [1.807, 2.05) is 48.6 Å². The molecule has 7 heteroatoms. The number of carbonyl (C=O) groups excluding carboxylic acids is 1. The van der Waals surface area contributed by atoms with Gasteiger partial charge in [0.15, 0.2) is 0 Å². The fourth-order valence-corrected chi connectivity index (χ4v) is 4.35. The Hall–Kier alpha value is -2.25. The number of piperidine rings is 1. The van der Waals surface area contributed by atoms with E-state index in [2.05, 4.69) is 14.9 Å². The lowest BCUT2D eigenvalue weighted by Crippen LogP contribution is -2.39. The molecule has 1 aromatic carbocycles. The van der Waals surface area contributed by atoms with E-state index >= 15 is 0 Å². The van der Waals surface area contributed by atoms with Crippen LogP contribution in [0.5, 0.6) is 0 Å². The normalized spacial score (nSPS) is 18.0. The monoisotopic (exact) mass is 369 g/mol. The largest absolute Gasteiger partial charge is 0.342 e. The minimum Gasteiger partial charge on any atom is -0.342 e. The van der Waals surface area contributed by atoms with Crippen LogP contribution < -0.4 is 0 Å². The first-order chi connectivity index (χ1) is 12.6. The summed E-state index contributed by atoms with van der Waals surface area (Å²) >= 11 is 1.55. The third kappa shape index (κ3) is 3.50. The Labute approximate surface area is 156 Å². The molecular formula is C19H23N5OS. The number of thiazole rings is 1. The summed E-state index contributed by atoms with van der Waals surface area (Å²) in [6, 6.07) is 8.06. The van der Waals surface area contributed by atoms with Gasteiger partial charge in [-0.15, -0.1) is 11.3 Å². The van der Waals surface area contributed by atoms with Crippen LogP contribution in [0, 0.1) is 0 Å². The maximum absolute atomic E-state index is 12.9. The van der Waals surface area contributed by atoms with E-state index < -0.39 is 0 Å². The summed E-state index contributed by atoms with van der Waals surface area (Å²) in [6.07, 6.45) is 2.04. The number of amides is 1. The smallest absolute Gasteiger partial charge is 0.273 e. The van der Waals surface area contributed by atoms with E-state index in [-0.39, 0.29) is 11.8 Å². The average molecular weight is 369 g/mol. The van der Waals surface area contributed by atoms with E-state index in [9.17, 15) is 4.79 Å². The molecule has 1 amide bonds. The van der Waals surface area contributed by atoms with Crippen LogP contribution >= 0.6 is 11.3 Å². The maximum Gasteiger partial charge on any atom is 0.273 e. The molecule has 26 heavy (non-hydrogen) atoms. The number of aromatic nitrogens is 3. The number of nitrogens with one attached hydrogen (secondary N) is 1.